The molecule has 1 rings (SSSR count). The number of nitrogens with one attached hydrogen (secondary N) is 1. The summed E-state index contributed by atoms with van der Waals surface area (Å²) in [6, 6.07) is 5.00. The van der Waals surface area contributed by atoms with E-state index >= 15 is 0 Å². The van der Waals surface area contributed by atoms with Gasteiger partial charge in [0.1, 0.15) is 5.82 Å². The number of benzene rings is 1. The average Bonchev–Trinajstić information content (AvgIpc) is 2.34. The molecule has 0 spiro atoms. The average molecular weight is 395 g/mol. The van der Waals surface area contributed by atoms with Gasteiger partial charge in [-0.15, -0.1) is 35.7 Å². The zero-order valence-corrected chi connectivity index (χ0v) is 14.2. The van der Waals surface area contributed by atoms with Crippen molar-refractivity contribution in [2.75, 3.05) is 12.8 Å². The number of aliphatic imine (C=N–C) groups is 1. The molecule has 1 aromatic carbocycles. The Bertz CT molecular complexity index is 463. The van der Waals surface area contributed by atoms with Gasteiger partial charge in [-0.3, -0.25) is 0 Å². The van der Waals surface area contributed by atoms with Crippen molar-refractivity contribution in [3.63, 3.8) is 0 Å². The molecule has 0 aliphatic rings. The summed E-state index contributed by atoms with van der Waals surface area (Å²) in [4.78, 5) is 5.01. The lowest BCUT2D eigenvalue weighted by Crippen LogP contribution is -2.32. The van der Waals surface area contributed by atoms with Crippen LogP contribution in [0.4, 0.5) is 4.39 Å². The standard InChI is InChI=1S/C13H18FN3S.HI/c1-9(2)7-16-13(15)17-8-10-11(14)5-4-6-12(10)18-3;/h4-6H,1,7-8H2,2-3H3,(H3,15,16,17);1H. The van der Waals surface area contributed by atoms with Crippen LogP contribution in [0.3, 0.4) is 0 Å². The summed E-state index contributed by atoms with van der Waals surface area (Å²) in [5, 5.41) is 2.91. The molecule has 0 amide bonds. The first-order valence-corrected chi connectivity index (χ1v) is 6.76. The highest BCUT2D eigenvalue weighted by Gasteiger charge is 2.06. The maximum atomic E-state index is 13.6. The van der Waals surface area contributed by atoms with Crippen molar-refractivity contribution in [3.05, 3.63) is 41.7 Å². The van der Waals surface area contributed by atoms with Gasteiger partial charge in [-0.1, -0.05) is 18.2 Å². The van der Waals surface area contributed by atoms with Crippen molar-refractivity contribution < 1.29 is 4.39 Å². The van der Waals surface area contributed by atoms with E-state index in [4.69, 9.17) is 5.73 Å². The third-order valence-corrected chi connectivity index (χ3v) is 3.10. The summed E-state index contributed by atoms with van der Waals surface area (Å²) in [5.41, 5.74) is 7.22. The number of halogens is 2. The molecule has 0 aromatic heterocycles. The minimum absolute atomic E-state index is 0. The van der Waals surface area contributed by atoms with E-state index in [2.05, 4.69) is 16.9 Å². The first-order valence-electron chi connectivity index (χ1n) is 5.54. The van der Waals surface area contributed by atoms with E-state index in [0.29, 0.717) is 18.1 Å². The van der Waals surface area contributed by atoms with E-state index in [1.165, 1.54) is 17.8 Å². The third-order valence-electron chi connectivity index (χ3n) is 2.27. The molecule has 6 heteroatoms. The van der Waals surface area contributed by atoms with Gasteiger partial charge in [-0.25, -0.2) is 9.38 Å². The van der Waals surface area contributed by atoms with Gasteiger partial charge < -0.3 is 11.1 Å². The maximum absolute atomic E-state index is 13.6. The normalized spacial score (nSPS) is 10.8. The Morgan fingerprint density at radius 2 is 2.21 bits per heavy atom. The van der Waals surface area contributed by atoms with Crippen molar-refractivity contribution in [1.29, 1.82) is 0 Å². The van der Waals surface area contributed by atoms with Gasteiger partial charge in [-0.05, 0) is 25.3 Å². The minimum atomic E-state index is -0.252. The Labute approximate surface area is 135 Å². The minimum Gasteiger partial charge on any atom is -0.370 e. The second-order valence-corrected chi connectivity index (χ2v) is 4.78. The van der Waals surface area contributed by atoms with E-state index in [9.17, 15) is 4.39 Å². The van der Waals surface area contributed by atoms with Gasteiger partial charge in [0.2, 0.25) is 0 Å². The number of thioether (sulfide) groups is 1. The lowest BCUT2D eigenvalue weighted by atomic mass is 10.2. The Balaban J connectivity index is 0.00000324. The van der Waals surface area contributed by atoms with Gasteiger partial charge in [-0.2, -0.15) is 0 Å². The molecule has 3 N–H and O–H groups in total. The van der Waals surface area contributed by atoms with E-state index < -0.39 is 0 Å². The smallest absolute Gasteiger partial charge is 0.189 e. The first-order chi connectivity index (χ1) is 8.54. The second-order valence-electron chi connectivity index (χ2n) is 3.93. The molecule has 0 atom stereocenters. The first kappa shape index (κ1) is 18.2. The Morgan fingerprint density at radius 3 is 2.79 bits per heavy atom. The molecular weight excluding hydrogens is 376 g/mol. The fraction of sp³-hybridized carbons (Fsp3) is 0.308. The second kappa shape index (κ2) is 9.19. The lowest BCUT2D eigenvalue weighted by molar-refractivity contribution is 0.604. The van der Waals surface area contributed by atoms with Gasteiger partial charge in [0.15, 0.2) is 5.96 Å². The van der Waals surface area contributed by atoms with Crippen molar-refractivity contribution in [2.24, 2.45) is 10.7 Å². The van der Waals surface area contributed by atoms with Crippen molar-refractivity contribution in [2.45, 2.75) is 18.4 Å². The summed E-state index contributed by atoms with van der Waals surface area (Å²) >= 11 is 1.49. The molecule has 3 nitrogen and oxygen atoms in total. The van der Waals surface area contributed by atoms with Crippen molar-refractivity contribution in [1.82, 2.24) is 5.32 Å². The van der Waals surface area contributed by atoms with Gasteiger partial charge >= 0.3 is 0 Å². The number of nitrogens with zero attached hydrogens (tertiary/aromatic N) is 1. The fourth-order valence-corrected chi connectivity index (χ4v) is 1.97. The van der Waals surface area contributed by atoms with Crippen LogP contribution in [0.5, 0.6) is 0 Å². The predicted octanol–water partition coefficient (Wildman–Crippen LogP) is 3.15. The SMILES string of the molecule is C=C(C)CNC(N)=NCc1c(F)cccc1SC.I. The molecule has 0 fully saturated rings. The largest absolute Gasteiger partial charge is 0.370 e. The molecule has 0 bridgehead atoms. The molecule has 106 valence electrons. The highest BCUT2D eigenvalue weighted by atomic mass is 127. The Kier molecular flexibility index (Phi) is 8.82. The number of rotatable bonds is 5. The number of hydrogen-bond donors (Lipinski definition) is 2. The zero-order valence-electron chi connectivity index (χ0n) is 11.1. The van der Waals surface area contributed by atoms with Gasteiger partial charge in [0.05, 0.1) is 6.54 Å². The number of hydrogen-bond acceptors (Lipinski definition) is 2. The molecule has 0 saturated heterocycles. The van der Waals surface area contributed by atoms with Crippen LogP contribution in [-0.2, 0) is 6.54 Å². The highest BCUT2D eigenvalue weighted by molar-refractivity contribution is 14.0. The summed E-state index contributed by atoms with van der Waals surface area (Å²) in [6.07, 6.45) is 1.91. The molecule has 0 radical (unpaired) electrons. The van der Waals surface area contributed by atoms with E-state index in [1.807, 2.05) is 19.2 Å². The summed E-state index contributed by atoms with van der Waals surface area (Å²) in [6.45, 7) is 6.45. The molecule has 1 aromatic rings. The Hall–Kier alpha value is -0.760. The number of guanidine groups is 1. The molecule has 19 heavy (non-hydrogen) atoms. The van der Waals surface area contributed by atoms with Crippen LogP contribution >= 0.6 is 35.7 Å². The summed E-state index contributed by atoms with van der Waals surface area (Å²) in [7, 11) is 0. The molecule has 0 aliphatic carbocycles. The predicted molar refractivity (Wildman–Crippen MR) is 91.7 cm³/mol. The topological polar surface area (TPSA) is 50.4 Å². The van der Waals surface area contributed by atoms with Crippen LogP contribution in [0.2, 0.25) is 0 Å². The van der Waals surface area contributed by atoms with Crippen LogP contribution in [-0.4, -0.2) is 18.8 Å². The van der Waals surface area contributed by atoms with E-state index in [1.54, 1.807) is 6.07 Å². The summed E-state index contributed by atoms with van der Waals surface area (Å²) < 4.78 is 13.6. The zero-order chi connectivity index (χ0) is 13.5. The lowest BCUT2D eigenvalue weighted by Gasteiger charge is -2.08. The molecule has 0 aliphatic heterocycles. The molecule has 0 saturated carbocycles. The van der Waals surface area contributed by atoms with Crippen molar-refractivity contribution >= 4 is 41.7 Å². The van der Waals surface area contributed by atoms with Crippen LogP contribution in [0.1, 0.15) is 12.5 Å². The molecule has 0 heterocycles. The molecular formula is C13H19FIN3S. The van der Waals surface area contributed by atoms with Crippen LogP contribution in [0.15, 0.2) is 40.2 Å². The highest BCUT2D eigenvalue weighted by Crippen LogP contribution is 2.23. The van der Waals surface area contributed by atoms with Crippen LogP contribution < -0.4 is 11.1 Å². The van der Waals surface area contributed by atoms with Crippen LogP contribution in [0.25, 0.3) is 0 Å². The van der Waals surface area contributed by atoms with E-state index in [0.717, 1.165) is 10.5 Å². The van der Waals surface area contributed by atoms with Gasteiger partial charge in [0.25, 0.3) is 0 Å². The monoisotopic (exact) mass is 395 g/mol. The number of nitrogens with two attached hydrogens (primary N) is 1. The van der Waals surface area contributed by atoms with Crippen LogP contribution in [0, 0.1) is 5.82 Å². The summed E-state index contributed by atoms with van der Waals surface area (Å²) in [5.74, 6) is 0.0478. The van der Waals surface area contributed by atoms with E-state index in [-0.39, 0.29) is 36.3 Å². The third kappa shape index (κ3) is 6.29. The quantitative estimate of drug-likeness (QED) is 0.265. The Morgan fingerprint density at radius 1 is 1.53 bits per heavy atom. The fourth-order valence-electron chi connectivity index (χ4n) is 1.35. The van der Waals surface area contributed by atoms with Gasteiger partial charge in [0, 0.05) is 17.0 Å². The van der Waals surface area contributed by atoms with Crippen molar-refractivity contribution in [3.8, 4) is 0 Å². The maximum Gasteiger partial charge on any atom is 0.189 e. The molecule has 0 unspecified atom stereocenters.